The monoisotopic (exact) mass is 468 g/mol. The standard InChI is InChI=1S/C18H15BrF6N2O/c1-10(17(20,21)22)26-16(28)27-15(13-4-2-3-5-14(13)19)11-6-8-12(9-7-11)18(23,24)25/h2-10,15H,1H3,(H2,26,27,28). The summed E-state index contributed by atoms with van der Waals surface area (Å²) in [6.45, 7) is 0.783. The van der Waals surface area contributed by atoms with Crippen molar-refractivity contribution in [1.82, 2.24) is 10.6 Å². The van der Waals surface area contributed by atoms with Crippen LogP contribution in [0.3, 0.4) is 0 Å². The molecule has 0 aliphatic heterocycles. The molecule has 0 saturated carbocycles. The number of carbonyl (C=O) groups excluding carboxylic acids is 1. The number of rotatable bonds is 4. The third-order valence-electron chi connectivity index (χ3n) is 3.90. The second-order valence-corrected chi connectivity index (χ2v) is 6.81. The zero-order valence-corrected chi connectivity index (χ0v) is 15.9. The average molecular weight is 469 g/mol. The number of halogens is 7. The van der Waals surface area contributed by atoms with Crippen LogP contribution in [-0.2, 0) is 6.18 Å². The highest BCUT2D eigenvalue weighted by atomic mass is 79.9. The molecular formula is C18H15BrF6N2O. The molecule has 152 valence electrons. The first-order valence-corrected chi connectivity index (χ1v) is 8.74. The highest BCUT2D eigenvalue weighted by molar-refractivity contribution is 9.10. The maximum absolute atomic E-state index is 12.8. The van der Waals surface area contributed by atoms with E-state index in [1.807, 2.05) is 0 Å². The molecule has 10 heteroatoms. The summed E-state index contributed by atoms with van der Waals surface area (Å²) in [6.07, 6.45) is -9.16. The Bertz CT molecular complexity index is 820. The molecule has 2 aromatic rings. The summed E-state index contributed by atoms with van der Waals surface area (Å²) < 4.78 is 76.8. The van der Waals surface area contributed by atoms with Crippen molar-refractivity contribution in [3.63, 3.8) is 0 Å². The van der Waals surface area contributed by atoms with E-state index in [4.69, 9.17) is 0 Å². The van der Waals surface area contributed by atoms with Crippen molar-refractivity contribution in [2.75, 3.05) is 0 Å². The number of carbonyl (C=O) groups is 1. The van der Waals surface area contributed by atoms with E-state index in [9.17, 15) is 31.1 Å². The molecule has 0 saturated heterocycles. The van der Waals surface area contributed by atoms with Crippen LogP contribution < -0.4 is 10.6 Å². The van der Waals surface area contributed by atoms with Crippen molar-refractivity contribution in [2.45, 2.75) is 31.4 Å². The fourth-order valence-electron chi connectivity index (χ4n) is 2.37. The summed E-state index contributed by atoms with van der Waals surface area (Å²) in [6, 6.07) is 6.40. The number of hydrogen-bond acceptors (Lipinski definition) is 1. The molecular weight excluding hydrogens is 454 g/mol. The summed E-state index contributed by atoms with van der Waals surface area (Å²) in [5.74, 6) is 0. The second-order valence-electron chi connectivity index (χ2n) is 5.96. The number of nitrogens with one attached hydrogen (secondary N) is 2. The number of alkyl halides is 6. The molecule has 2 atom stereocenters. The van der Waals surface area contributed by atoms with Crippen LogP contribution in [-0.4, -0.2) is 18.2 Å². The molecule has 2 rings (SSSR count). The molecule has 0 heterocycles. The SMILES string of the molecule is CC(NC(=O)NC(c1ccc(C(F)(F)F)cc1)c1ccccc1Br)C(F)(F)F. The molecule has 0 bridgehead atoms. The molecule has 0 radical (unpaired) electrons. The molecule has 2 aromatic carbocycles. The van der Waals surface area contributed by atoms with Crippen LogP contribution in [0.25, 0.3) is 0 Å². The molecule has 3 nitrogen and oxygen atoms in total. The van der Waals surface area contributed by atoms with E-state index in [1.165, 1.54) is 12.1 Å². The first-order valence-electron chi connectivity index (χ1n) is 7.95. The van der Waals surface area contributed by atoms with E-state index in [0.717, 1.165) is 19.1 Å². The van der Waals surface area contributed by atoms with E-state index in [2.05, 4.69) is 21.2 Å². The van der Waals surface area contributed by atoms with Gasteiger partial charge in [0.25, 0.3) is 0 Å². The van der Waals surface area contributed by atoms with Gasteiger partial charge in [-0.2, -0.15) is 26.3 Å². The van der Waals surface area contributed by atoms with E-state index < -0.39 is 36.0 Å². The van der Waals surface area contributed by atoms with E-state index >= 15 is 0 Å². The maximum Gasteiger partial charge on any atom is 0.416 e. The van der Waals surface area contributed by atoms with Crippen LogP contribution >= 0.6 is 15.9 Å². The van der Waals surface area contributed by atoms with Gasteiger partial charge in [-0.05, 0) is 36.2 Å². The van der Waals surface area contributed by atoms with Crippen LogP contribution in [0.1, 0.15) is 29.7 Å². The Labute approximate surface area is 165 Å². The van der Waals surface area contributed by atoms with Crippen LogP contribution in [0.5, 0.6) is 0 Å². The fourth-order valence-corrected chi connectivity index (χ4v) is 2.88. The summed E-state index contributed by atoms with van der Waals surface area (Å²) in [5, 5.41) is 4.16. The average Bonchev–Trinajstić information content (AvgIpc) is 2.59. The zero-order valence-electron chi connectivity index (χ0n) is 14.3. The second kappa shape index (κ2) is 8.42. The lowest BCUT2D eigenvalue weighted by molar-refractivity contribution is -0.148. The maximum atomic E-state index is 12.8. The van der Waals surface area contributed by atoms with E-state index in [1.54, 1.807) is 29.6 Å². The van der Waals surface area contributed by atoms with Crippen molar-refractivity contribution in [3.05, 3.63) is 69.7 Å². The molecule has 0 aliphatic carbocycles. The predicted molar refractivity (Wildman–Crippen MR) is 94.6 cm³/mol. The van der Waals surface area contributed by atoms with Crippen LogP contribution in [0.2, 0.25) is 0 Å². The summed E-state index contributed by atoms with van der Waals surface area (Å²) >= 11 is 3.28. The zero-order chi connectivity index (χ0) is 21.1. The molecule has 2 unspecified atom stereocenters. The minimum absolute atomic E-state index is 0.273. The topological polar surface area (TPSA) is 41.1 Å². The summed E-state index contributed by atoms with van der Waals surface area (Å²) in [4.78, 5) is 12.1. The summed E-state index contributed by atoms with van der Waals surface area (Å²) in [7, 11) is 0. The van der Waals surface area contributed by atoms with Gasteiger partial charge < -0.3 is 10.6 Å². The Hall–Kier alpha value is -2.23. The van der Waals surface area contributed by atoms with Gasteiger partial charge in [0.2, 0.25) is 0 Å². The molecule has 0 aromatic heterocycles. The Morgan fingerprint density at radius 3 is 2.00 bits per heavy atom. The van der Waals surface area contributed by atoms with Gasteiger partial charge in [0.05, 0.1) is 11.6 Å². The smallest absolute Gasteiger partial charge is 0.327 e. The minimum Gasteiger partial charge on any atom is -0.327 e. The van der Waals surface area contributed by atoms with Crippen LogP contribution in [0, 0.1) is 0 Å². The predicted octanol–water partition coefficient (Wildman–Crippen LogP) is 5.81. The van der Waals surface area contributed by atoms with Crippen molar-refractivity contribution >= 4 is 22.0 Å². The minimum atomic E-state index is -4.63. The van der Waals surface area contributed by atoms with E-state index in [0.29, 0.717) is 10.0 Å². The Morgan fingerprint density at radius 2 is 1.50 bits per heavy atom. The Morgan fingerprint density at radius 1 is 0.929 bits per heavy atom. The molecule has 0 spiro atoms. The molecule has 0 aliphatic rings. The van der Waals surface area contributed by atoms with Gasteiger partial charge in [-0.3, -0.25) is 0 Å². The first kappa shape index (κ1) is 22.1. The Balaban J connectivity index is 2.33. The third kappa shape index (κ3) is 5.63. The van der Waals surface area contributed by atoms with Gasteiger partial charge in [-0.15, -0.1) is 0 Å². The van der Waals surface area contributed by atoms with Gasteiger partial charge in [0.15, 0.2) is 0 Å². The quantitative estimate of drug-likeness (QED) is 0.546. The van der Waals surface area contributed by atoms with Crippen molar-refractivity contribution < 1.29 is 31.1 Å². The van der Waals surface area contributed by atoms with Gasteiger partial charge in [0, 0.05) is 4.47 Å². The van der Waals surface area contributed by atoms with E-state index in [-0.39, 0.29) is 5.56 Å². The number of benzene rings is 2. The summed E-state index contributed by atoms with van der Waals surface area (Å²) in [5.41, 5.74) is -0.135. The number of amides is 2. The normalized spacial score (nSPS) is 14.3. The number of urea groups is 1. The number of hydrogen-bond donors (Lipinski definition) is 2. The lowest BCUT2D eigenvalue weighted by atomic mass is 9.97. The van der Waals surface area contributed by atoms with Gasteiger partial charge in [0.1, 0.15) is 6.04 Å². The van der Waals surface area contributed by atoms with Crippen LogP contribution in [0.15, 0.2) is 53.0 Å². The van der Waals surface area contributed by atoms with Crippen molar-refractivity contribution in [2.24, 2.45) is 0 Å². The Kier molecular flexibility index (Phi) is 6.63. The van der Waals surface area contributed by atoms with Gasteiger partial charge in [-0.25, -0.2) is 4.79 Å². The highest BCUT2D eigenvalue weighted by Gasteiger charge is 2.37. The third-order valence-corrected chi connectivity index (χ3v) is 4.62. The lowest BCUT2D eigenvalue weighted by Crippen LogP contribution is -2.48. The molecule has 28 heavy (non-hydrogen) atoms. The molecule has 2 N–H and O–H groups in total. The van der Waals surface area contributed by atoms with Crippen LogP contribution in [0.4, 0.5) is 31.1 Å². The van der Waals surface area contributed by atoms with Gasteiger partial charge >= 0.3 is 18.4 Å². The van der Waals surface area contributed by atoms with Crippen molar-refractivity contribution in [3.8, 4) is 0 Å². The largest absolute Gasteiger partial charge is 0.416 e. The fraction of sp³-hybridized carbons (Fsp3) is 0.278. The first-order chi connectivity index (χ1) is 12.9. The molecule has 2 amide bonds. The molecule has 0 fully saturated rings. The highest BCUT2D eigenvalue weighted by Crippen LogP contribution is 2.33. The van der Waals surface area contributed by atoms with Crippen molar-refractivity contribution in [1.29, 1.82) is 0 Å². The lowest BCUT2D eigenvalue weighted by Gasteiger charge is -2.24. The van der Waals surface area contributed by atoms with Gasteiger partial charge in [-0.1, -0.05) is 46.3 Å².